The molecule has 2 rings (SSSR count). The predicted octanol–water partition coefficient (Wildman–Crippen LogP) is 2.12. The second kappa shape index (κ2) is 4.74. The van der Waals surface area contributed by atoms with E-state index in [1.54, 1.807) is 6.33 Å². The molecule has 0 aromatic carbocycles. The number of nitrogens with one attached hydrogen (secondary N) is 2. The first kappa shape index (κ1) is 10.6. The van der Waals surface area contributed by atoms with Crippen molar-refractivity contribution in [3.63, 3.8) is 0 Å². The zero-order valence-electron chi connectivity index (χ0n) is 9.49. The monoisotopic (exact) mass is 217 g/mol. The summed E-state index contributed by atoms with van der Waals surface area (Å²) in [5.74, 6) is 0.794. The van der Waals surface area contributed by atoms with Crippen LogP contribution in [0, 0.1) is 0 Å². The molecule has 0 aliphatic heterocycles. The van der Waals surface area contributed by atoms with Gasteiger partial charge < -0.3 is 10.3 Å². The maximum absolute atomic E-state index is 4.18. The van der Waals surface area contributed by atoms with Crippen LogP contribution in [0.2, 0.25) is 0 Å². The molecule has 16 heavy (non-hydrogen) atoms. The minimum Gasteiger partial charge on any atom is -0.365 e. The fourth-order valence-electron chi connectivity index (χ4n) is 1.37. The SMILES string of the molecule is CCC(C)=CCNc1ncnc2nc[nH]c12. The summed E-state index contributed by atoms with van der Waals surface area (Å²) in [7, 11) is 0. The summed E-state index contributed by atoms with van der Waals surface area (Å²) >= 11 is 0. The van der Waals surface area contributed by atoms with Gasteiger partial charge in [-0.1, -0.05) is 18.6 Å². The van der Waals surface area contributed by atoms with E-state index in [0.29, 0.717) is 5.65 Å². The molecule has 2 aromatic heterocycles. The first-order valence-electron chi connectivity index (χ1n) is 5.35. The number of allylic oxidation sites excluding steroid dienone is 1. The lowest BCUT2D eigenvalue weighted by atomic mass is 10.2. The number of hydrogen-bond donors (Lipinski definition) is 2. The molecule has 0 unspecified atom stereocenters. The Kier molecular flexibility index (Phi) is 3.14. The van der Waals surface area contributed by atoms with Crippen LogP contribution in [0.4, 0.5) is 5.82 Å². The van der Waals surface area contributed by atoms with Gasteiger partial charge >= 0.3 is 0 Å². The number of H-pyrrole nitrogens is 1. The molecule has 0 saturated carbocycles. The minimum absolute atomic E-state index is 0.689. The molecule has 2 aromatic rings. The van der Waals surface area contributed by atoms with Gasteiger partial charge in [-0.05, 0) is 13.3 Å². The number of aromatic amines is 1. The predicted molar refractivity (Wildman–Crippen MR) is 64.2 cm³/mol. The quantitative estimate of drug-likeness (QED) is 0.770. The van der Waals surface area contributed by atoms with E-state index in [9.17, 15) is 0 Å². The van der Waals surface area contributed by atoms with Crippen molar-refractivity contribution in [1.29, 1.82) is 0 Å². The number of hydrogen-bond acceptors (Lipinski definition) is 4. The molecular weight excluding hydrogens is 202 g/mol. The van der Waals surface area contributed by atoms with E-state index in [4.69, 9.17) is 0 Å². The van der Waals surface area contributed by atoms with Crippen LogP contribution in [0.15, 0.2) is 24.3 Å². The topological polar surface area (TPSA) is 66.5 Å². The molecule has 0 bridgehead atoms. The van der Waals surface area contributed by atoms with Crippen LogP contribution in [-0.4, -0.2) is 26.5 Å². The lowest BCUT2D eigenvalue weighted by Gasteiger charge is -2.03. The molecule has 2 heterocycles. The van der Waals surface area contributed by atoms with Gasteiger partial charge in [0.15, 0.2) is 11.5 Å². The van der Waals surface area contributed by atoms with Crippen LogP contribution >= 0.6 is 0 Å². The van der Waals surface area contributed by atoms with Gasteiger partial charge in [-0.3, -0.25) is 0 Å². The van der Waals surface area contributed by atoms with Crippen molar-refractivity contribution in [1.82, 2.24) is 19.9 Å². The van der Waals surface area contributed by atoms with Gasteiger partial charge in [0.2, 0.25) is 0 Å². The summed E-state index contributed by atoms with van der Waals surface area (Å²) in [6.07, 6.45) is 6.37. The summed E-state index contributed by atoms with van der Waals surface area (Å²) in [6, 6.07) is 0. The van der Waals surface area contributed by atoms with Crippen molar-refractivity contribution in [2.24, 2.45) is 0 Å². The Morgan fingerprint density at radius 2 is 2.31 bits per heavy atom. The fourth-order valence-corrected chi connectivity index (χ4v) is 1.37. The molecule has 0 aliphatic rings. The van der Waals surface area contributed by atoms with Gasteiger partial charge in [-0.15, -0.1) is 0 Å². The molecule has 0 aliphatic carbocycles. The molecule has 0 fully saturated rings. The van der Waals surface area contributed by atoms with E-state index in [1.165, 1.54) is 11.9 Å². The molecule has 0 radical (unpaired) electrons. The Balaban J connectivity index is 2.12. The van der Waals surface area contributed by atoms with Crippen molar-refractivity contribution in [3.8, 4) is 0 Å². The molecular formula is C11H15N5. The zero-order chi connectivity index (χ0) is 11.4. The van der Waals surface area contributed by atoms with E-state index in [-0.39, 0.29) is 0 Å². The Hall–Kier alpha value is -1.91. The van der Waals surface area contributed by atoms with Gasteiger partial charge in [-0.2, -0.15) is 0 Å². The Labute approximate surface area is 94.0 Å². The number of imidazole rings is 1. The molecule has 0 saturated heterocycles. The van der Waals surface area contributed by atoms with Crippen molar-refractivity contribution in [2.45, 2.75) is 20.3 Å². The fraction of sp³-hybridized carbons (Fsp3) is 0.364. The number of aromatic nitrogens is 4. The van der Waals surface area contributed by atoms with Gasteiger partial charge in [0.1, 0.15) is 11.8 Å². The molecule has 0 amide bonds. The largest absolute Gasteiger partial charge is 0.365 e. The Morgan fingerprint density at radius 3 is 3.12 bits per heavy atom. The molecule has 2 N–H and O–H groups in total. The highest BCUT2D eigenvalue weighted by Gasteiger charge is 2.03. The van der Waals surface area contributed by atoms with Crippen molar-refractivity contribution < 1.29 is 0 Å². The molecule has 5 heteroatoms. The maximum Gasteiger partial charge on any atom is 0.182 e. The van der Waals surface area contributed by atoms with Gasteiger partial charge in [0, 0.05) is 6.54 Å². The summed E-state index contributed by atoms with van der Waals surface area (Å²) < 4.78 is 0. The second-order valence-electron chi connectivity index (χ2n) is 3.61. The molecule has 0 atom stereocenters. The third-order valence-corrected chi connectivity index (χ3v) is 2.50. The van der Waals surface area contributed by atoms with E-state index >= 15 is 0 Å². The summed E-state index contributed by atoms with van der Waals surface area (Å²) in [4.78, 5) is 15.3. The number of anilines is 1. The van der Waals surface area contributed by atoms with Crippen molar-refractivity contribution in [3.05, 3.63) is 24.3 Å². The average molecular weight is 217 g/mol. The molecule has 0 spiro atoms. The highest BCUT2D eigenvalue weighted by Crippen LogP contribution is 2.13. The lowest BCUT2D eigenvalue weighted by Crippen LogP contribution is -2.02. The maximum atomic E-state index is 4.18. The molecule has 5 nitrogen and oxygen atoms in total. The summed E-state index contributed by atoms with van der Waals surface area (Å²) in [5, 5.41) is 3.24. The number of fused-ring (bicyclic) bond motifs is 1. The van der Waals surface area contributed by atoms with E-state index < -0.39 is 0 Å². The highest BCUT2D eigenvalue weighted by molar-refractivity contribution is 5.81. The van der Waals surface area contributed by atoms with Gasteiger partial charge in [0.25, 0.3) is 0 Å². The van der Waals surface area contributed by atoms with Crippen LogP contribution < -0.4 is 5.32 Å². The first-order valence-corrected chi connectivity index (χ1v) is 5.35. The second-order valence-corrected chi connectivity index (χ2v) is 3.61. The van der Waals surface area contributed by atoms with E-state index in [0.717, 1.165) is 24.3 Å². The van der Waals surface area contributed by atoms with E-state index in [1.807, 2.05) is 0 Å². The van der Waals surface area contributed by atoms with Crippen LogP contribution in [-0.2, 0) is 0 Å². The normalized spacial score (nSPS) is 12.0. The van der Waals surface area contributed by atoms with Gasteiger partial charge in [0.05, 0.1) is 6.33 Å². The molecule has 84 valence electrons. The van der Waals surface area contributed by atoms with Crippen LogP contribution in [0.3, 0.4) is 0 Å². The van der Waals surface area contributed by atoms with Crippen LogP contribution in [0.25, 0.3) is 11.2 Å². The average Bonchev–Trinajstić information content (AvgIpc) is 2.77. The Bertz CT molecular complexity index is 500. The third-order valence-electron chi connectivity index (χ3n) is 2.50. The first-order chi connectivity index (χ1) is 7.81. The number of rotatable bonds is 4. The highest BCUT2D eigenvalue weighted by atomic mass is 15.1. The summed E-state index contributed by atoms with van der Waals surface area (Å²) in [6.45, 7) is 5.03. The Morgan fingerprint density at radius 1 is 1.44 bits per heavy atom. The van der Waals surface area contributed by atoms with Crippen LogP contribution in [0.5, 0.6) is 0 Å². The third kappa shape index (κ3) is 2.18. The standard InChI is InChI=1S/C11H15N5/c1-3-8(2)4-5-12-10-9-11(14-6-13-9)16-7-15-10/h4,6-7H,3,5H2,1-2H3,(H2,12,13,14,15,16). The summed E-state index contributed by atoms with van der Waals surface area (Å²) in [5.41, 5.74) is 2.90. The lowest BCUT2D eigenvalue weighted by molar-refractivity contribution is 1.07. The minimum atomic E-state index is 0.689. The van der Waals surface area contributed by atoms with Crippen molar-refractivity contribution in [2.75, 3.05) is 11.9 Å². The zero-order valence-corrected chi connectivity index (χ0v) is 9.49. The van der Waals surface area contributed by atoms with Crippen molar-refractivity contribution >= 4 is 17.0 Å². The number of nitrogens with zero attached hydrogens (tertiary/aromatic N) is 3. The van der Waals surface area contributed by atoms with E-state index in [2.05, 4.69) is 45.2 Å². The van der Waals surface area contributed by atoms with Crippen LogP contribution in [0.1, 0.15) is 20.3 Å². The smallest absolute Gasteiger partial charge is 0.182 e. The van der Waals surface area contributed by atoms with Gasteiger partial charge in [-0.25, -0.2) is 15.0 Å².